The van der Waals surface area contributed by atoms with Gasteiger partial charge in [0, 0.05) is 55.9 Å². The van der Waals surface area contributed by atoms with Crippen LogP contribution in [0.15, 0.2) is 103 Å². The molecule has 1 aromatic heterocycles. The molecule has 0 saturated carbocycles. The quantitative estimate of drug-likeness (QED) is 0.0135. The number of benzene rings is 4. The van der Waals surface area contributed by atoms with E-state index in [1.165, 1.54) is 77.7 Å². The highest BCUT2D eigenvalue weighted by atomic mass is 16.4. The third kappa shape index (κ3) is 29.5. The maximum atomic E-state index is 14.9. The lowest BCUT2D eigenvalue weighted by molar-refractivity contribution is -0.148. The van der Waals surface area contributed by atoms with Gasteiger partial charge in [0.05, 0.1) is 25.7 Å². The SMILES string of the molecule is CC(C)C[C@H](NC(=O)[C@H](CO)NC(=O)[C@H](CO)NC(=O)[C@H](CCC(=O)O)NC(=O)[C@H](Cc1ccc(O)cc1)NC(=O)[C@H](Cc1ccc(O)cc1)NC(=O)[C@H](CCCNC(N)N)NC(=O)[C@@H](N)Cc1c[nH]c2ccccc12)C(=O)N[C@@H](CC(C)C)C(=O)N1CCC[C@H]1C(=O)N[C@@H](Cc1ccc(O)cc1)C(=O)N1CCC[C@H]1C(=O)N[C@@H](CC(=O)O)C(=O)O. The number of hydrogen-bond donors (Lipinski definition) is 23. The zero-order valence-corrected chi connectivity index (χ0v) is 67.5. The molecule has 0 spiro atoms. The van der Waals surface area contributed by atoms with Crippen molar-refractivity contribution in [2.45, 2.75) is 209 Å². The van der Waals surface area contributed by atoms with Crippen molar-refractivity contribution in [3.63, 3.8) is 0 Å². The third-order valence-electron chi connectivity index (χ3n) is 20.4. The predicted octanol–water partition coefficient (Wildman–Crippen LogP) is -3.22. The van der Waals surface area contributed by atoms with Gasteiger partial charge >= 0.3 is 17.9 Å². The molecule has 0 bridgehead atoms. The number of aromatic amines is 1. The predicted molar refractivity (Wildman–Crippen MR) is 433 cm³/mol. The average Bonchev–Trinajstić information content (AvgIpc) is 1.73. The highest BCUT2D eigenvalue weighted by Gasteiger charge is 2.44. The number of H-pyrrole nitrogens is 1. The van der Waals surface area contributed by atoms with E-state index < -0.39 is 213 Å². The largest absolute Gasteiger partial charge is 0.508 e. The van der Waals surface area contributed by atoms with Gasteiger partial charge in [-0.05, 0) is 147 Å². The first kappa shape index (κ1) is 95.8. The number of nitrogens with two attached hydrogens (primary N) is 3. The molecule has 7 rings (SSSR count). The Morgan fingerprint density at radius 2 is 0.826 bits per heavy atom. The number of carboxylic acids is 3. The van der Waals surface area contributed by atoms with Crippen LogP contribution in [0.5, 0.6) is 17.2 Å². The number of carboxylic acid groups (broad SMARTS) is 3. The van der Waals surface area contributed by atoms with Gasteiger partial charge in [0.2, 0.25) is 70.9 Å². The molecule has 26 N–H and O–H groups in total. The van der Waals surface area contributed by atoms with Crippen LogP contribution in [0.4, 0.5) is 0 Å². The van der Waals surface area contributed by atoms with Gasteiger partial charge in [-0.2, -0.15) is 0 Å². The Balaban J connectivity index is 1.05. The lowest BCUT2D eigenvalue weighted by Gasteiger charge is -2.33. The number of phenolic OH excluding ortho intramolecular Hbond substituents is 3. The lowest BCUT2D eigenvalue weighted by Crippen LogP contribution is -2.62. The molecule has 2 saturated heterocycles. The highest BCUT2D eigenvalue weighted by Crippen LogP contribution is 2.26. The monoisotopic (exact) mass is 1690 g/mol. The van der Waals surface area contributed by atoms with Gasteiger partial charge in [-0.15, -0.1) is 0 Å². The number of aromatic nitrogens is 1. The van der Waals surface area contributed by atoms with Crippen molar-refractivity contribution in [1.29, 1.82) is 0 Å². The normalized spacial score (nSPS) is 16.6. The van der Waals surface area contributed by atoms with E-state index in [1.807, 2.05) is 24.3 Å². The number of para-hydroxylation sites is 1. The van der Waals surface area contributed by atoms with Crippen molar-refractivity contribution in [2.24, 2.45) is 29.0 Å². The Morgan fingerprint density at radius 1 is 0.438 bits per heavy atom. The first-order valence-electron chi connectivity index (χ1n) is 39.8. The Bertz CT molecular complexity index is 4430. The number of amides is 12. The van der Waals surface area contributed by atoms with Crippen LogP contribution in [0.1, 0.15) is 121 Å². The second kappa shape index (κ2) is 46.3. The molecule has 5 aromatic rings. The number of carbonyl (C=O) groups excluding carboxylic acids is 12. The molecule has 40 heteroatoms. The number of nitrogens with one attached hydrogen (secondary N) is 12. The third-order valence-corrected chi connectivity index (χ3v) is 20.4. The van der Waals surface area contributed by atoms with Crippen molar-refractivity contribution in [3.05, 3.63) is 126 Å². The Morgan fingerprint density at radius 3 is 1.28 bits per heavy atom. The zero-order chi connectivity index (χ0) is 88.9. The number of rotatable bonds is 47. The minimum Gasteiger partial charge on any atom is -0.508 e. The molecule has 13 atom stereocenters. The fourth-order valence-electron chi connectivity index (χ4n) is 14.1. The summed E-state index contributed by atoms with van der Waals surface area (Å²) in [4.78, 5) is 214. The maximum absolute atomic E-state index is 14.9. The fourth-order valence-corrected chi connectivity index (χ4v) is 14.1. The molecular weight excluding hydrogens is 1580 g/mol. The lowest BCUT2D eigenvalue weighted by atomic mass is 9.99. The molecule has 0 radical (unpaired) electrons. The van der Waals surface area contributed by atoms with Crippen LogP contribution in [0.2, 0.25) is 0 Å². The van der Waals surface area contributed by atoms with Gasteiger partial charge in [-0.3, -0.25) is 72.4 Å². The highest BCUT2D eigenvalue weighted by molar-refractivity contribution is 6.01. The van der Waals surface area contributed by atoms with Crippen molar-refractivity contribution >= 4 is 99.7 Å². The summed E-state index contributed by atoms with van der Waals surface area (Å²) < 4.78 is 0. The number of likely N-dealkylation sites (tertiary alicyclic amines) is 2. The number of aliphatic hydroxyl groups is 2. The van der Waals surface area contributed by atoms with Crippen molar-refractivity contribution in [1.82, 2.24) is 73.3 Å². The van der Waals surface area contributed by atoms with Crippen molar-refractivity contribution in [3.8, 4) is 17.2 Å². The first-order chi connectivity index (χ1) is 57.4. The van der Waals surface area contributed by atoms with Gasteiger partial charge in [0.25, 0.3) is 0 Å². The minimum absolute atomic E-state index is 0.00697. The summed E-state index contributed by atoms with van der Waals surface area (Å²) in [5.41, 5.74) is 20.5. The number of phenols is 3. The molecule has 658 valence electrons. The summed E-state index contributed by atoms with van der Waals surface area (Å²) in [6.07, 6.45) is -1.92. The molecule has 2 aliphatic rings. The summed E-state index contributed by atoms with van der Waals surface area (Å²) in [6.45, 7) is 4.63. The van der Waals surface area contributed by atoms with Crippen LogP contribution in [0.3, 0.4) is 0 Å². The summed E-state index contributed by atoms with van der Waals surface area (Å²) in [5, 5.41) is 109. The number of aliphatic carboxylic acids is 3. The summed E-state index contributed by atoms with van der Waals surface area (Å²) in [6, 6.07) is 3.44. The van der Waals surface area contributed by atoms with Gasteiger partial charge in [0.1, 0.15) is 96.0 Å². The minimum atomic E-state index is -2.03. The fraction of sp³-hybridized carbons (Fsp3) is 0.494. The van der Waals surface area contributed by atoms with Crippen LogP contribution in [-0.2, 0) is 97.6 Å². The molecule has 3 heterocycles. The van der Waals surface area contributed by atoms with Gasteiger partial charge in [0.15, 0.2) is 0 Å². The van der Waals surface area contributed by atoms with Crippen LogP contribution in [0, 0.1) is 11.8 Å². The standard InChI is InChI=1S/C81H111N17O23/c1-42(2)32-56(71(111)92-59(33-43(3)4)78(118)97-30-8-13-64(97)76(116)93-60(36-46-19-25-50(103)26-20-46)79(119)98-31-9-14-65(98)77(117)94-61(80(120)121)38-67(106)107)89-74(114)62(40-99)96-75(115)63(41-100)95-70(110)55(27-28-66(104)105)88-72(112)57(34-44-15-21-48(101)22-16-44)91-73(113)58(35-45-17-23-49(102)24-18-45)90-69(109)54(12-7-29-85-81(83)84)87-68(108)52(82)37-47-39-86-53-11-6-5-10-51(47)53/h5-6,10-11,15-26,39,42-43,52,54-65,81,85-86,99-103H,7-9,12-14,27-38,40-41,82-84H2,1-4H3,(H,87,108)(H,88,112)(H,89,114)(H,90,109)(H,91,113)(H,92,111)(H,93,116)(H,94,117)(H,95,110)(H,96,115)(H,104,105)(H,106,107)(H,120,121)/t52-,54-,55-,56-,57-,58-,59-,60-,61-,62-,63-,64-,65-/m0/s1. The van der Waals surface area contributed by atoms with Crippen LogP contribution in [-0.4, -0.2) is 262 Å². The number of aromatic hydroxyl groups is 3. The van der Waals surface area contributed by atoms with E-state index in [0.29, 0.717) is 22.3 Å². The summed E-state index contributed by atoms with van der Waals surface area (Å²) >= 11 is 0. The molecule has 4 aromatic carbocycles. The van der Waals surface area contributed by atoms with E-state index in [-0.39, 0.29) is 119 Å². The van der Waals surface area contributed by atoms with Crippen molar-refractivity contribution < 1.29 is 113 Å². The number of carbonyl (C=O) groups is 15. The van der Waals surface area contributed by atoms with E-state index in [4.69, 9.17) is 17.2 Å². The van der Waals surface area contributed by atoms with Gasteiger partial charge in [-0.25, -0.2) is 4.79 Å². The molecule has 121 heavy (non-hydrogen) atoms. The molecule has 12 amide bonds. The summed E-state index contributed by atoms with van der Waals surface area (Å²) in [7, 11) is 0. The zero-order valence-electron chi connectivity index (χ0n) is 67.5. The van der Waals surface area contributed by atoms with Crippen LogP contribution >= 0.6 is 0 Å². The Labute approximate surface area is 696 Å². The smallest absolute Gasteiger partial charge is 0.326 e. The summed E-state index contributed by atoms with van der Waals surface area (Å²) in [5.74, 6) is -17.5. The Hall–Kier alpha value is -12.4. The van der Waals surface area contributed by atoms with Gasteiger partial charge < -0.3 is 126 Å². The van der Waals surface area contributed by atoms with Gasteiger partial charge in [-0.1, -0.05) is 82.3 Å². The van der Waals surface area contributed by atoms with Crippen LogP contribution < -0.4 is 75.7 Å². The second-order valence-corrected chi connectivity index (χ2v) is 30.9. The Kier molecular flexibility index (Phi) is 36.6. The number of aliphatic hydroxyl groups excluding tert-OH is 2. The molecule has 0 unspecified atom stereocenters. The topological polar surface area (TPSA) is 651 Å². The maximum Gasteiger partial charge on any atom is 0.326 e. The number of hydrogen-bond acceptors (Lipinski definition) is 24. The number of fused-ring (bicyclic) bond motifs is 1. The molecule has 2 aliphatic heterocycles. The van der Waals surface area contributed by atoms with E-state index in [0.717, 1.165) is 15.8 Å². The van der Waals surface area contributed by atoms with Crippen LogP contribution in [0.25, 0.3) is 10.9 Å². The van der Waals surface area contributed by atoms with E-state index in [9.17, 15) is 113 Å². The van der Waals surface area contributed by atoms with E-state index in [1.54, 1.807) is 33.9 Å². The molecule has 40 nitrogen and oxygen atoms in total. The average molecular weight is 1690 g/mol. The molecular formula is C81H111N17O23. The second-order valence-electron chi connectivity index (χ2n) is 30.9. The van der Waals surface area contributed by atoms with Crippen molar-refractivity contribution in [2.75, 3.05) is 32.8 Å². The molecule has 2 fully saturated rings. The van der Waals surface area contributed by atoms with E-state index in [2.05, 4.69) is 63.5 Å². The first-order valence-corrected chi connectivity index (χ1v) is 39.8. The van der Waals surface area contributed by atoms with E-state index >= 15 is 0 Å². The number of nitrogens with zero attached hydrogens (tertiary/aromatic N) is 2. The molecule has 0 aliphatic carbocycles.